The summed E-state index contributed by atoms with van der Waals surface area (Å²) in [5.41, 5.74) is 0. The van der Waals surface area contributed by atoms with E-state index in [1.807, 2.05) is 0 Å². The van der Waals surface area contributed by atoms with Crippen LogP contribution in [0.15, 0.2) is 0 Å². The quantitative estimate of drug-likeness (QED) is 0.0280. The van der Waals surface area contributed by atoms with Crippen LogP contribution in [-0.2, 0) is 90.0 Å². The summed E-state index contributed by atoms with van der Waals surface area (Å²) in [6.45, 7) is -18.1. The lowest BCUT2D eigenvalue weighted by molar-refractivity contribution is -0.404. The number of hydrogen-bond acceptors (Lipinski definition) is 58. The SMILES string of the molecule is OCC1O[C@H](O[C@]2(CO[C@]3(CO)O[C@H](CO)C(O)[C@H]3O)O[C@H](CO)C(O)[C@H]2O)C(O)[C@@H](O)[C@@H]1O.OCC1O[C@H](O[C@]2(CO[C@]3(CO[C@]4(CO)O[C@H](CO)C(O)[C@H]4O)O[C@H](CO)C(O)[C@H]3O)O[C@H](CO)C(O)[C@H]2O)C(O)[C@@H](O)[C@@H]1O.OCC1O[C@H](O[C@]2(CO[C@]3(CO[C@]4(CO)O[C@H](CO)C(O)[C@H]4O)O[C@H](CO)C(O)[C@H]3O)O[C@H](CO)C(O)[C@H]2O)C(O)[C@@H](O)[C@@H]1O. The van der Waals surface area contributed by atoms with Gasteiger partial charge < -0.3 is 289 Å². The van der Waals surface area contributed by atoms with Crippen molar-refractivity contribution in [3.8, 4) is 0 Å². The van der Waals surface area contributed by atoms with Crippen LogP contribution in [0.25, 0.3) is 0 Å². The van der Waals surface area contributed by atoms with Gasteiger partial charge in [-0.15, -0.1) is 0 Å². The average Bonchev–Trinajstić information content (AvgIpc) is 1.60. The Morgan fingerprint density at radius 2 is 0.306 bits per heavy atom. The monoisotopic (exact) mass is 1840 g/mol. The van der Waals surface area contributed by atoms with Crippen molar-refractivity contribution in [2.24, 2.45) is 0 Å². The molecule has 0 aliphatic carbocycles. The van der Waals surface area contributed by atoms with Gasteiger partial charge in [0.25, 0.3) is 0 Å². The van der Waals surface area contributed by atoms with Crippen molar-refractivity contribution in [2.75, 3.05) is 126 Å². The third kappa shape index (κ3) is 20.0. The molecule has 11 fully saturated rings. The van der Waals surface area contributed by atoms with Crippen LogP contribution < -0.4 is 0 Å². The molecule has 11 heterocycles. The Kier molecular flexibility index (Phi) is 36.5. The highest BCUT2D eigenvalue weighted by Gasteiger charge is 2.69. The van der Waals surface area contributed by atoms with Gasteiger partial charge in [0.05, 0.1) is 72.7 Å². The summed E-state index contributed by atoms with van der Waals surface area (Å²) in [5, 5.41) is 395. The van der Waals surface area contributed by atoms with Crippen molar-refractivity contribution in [2.45, 2.75) is 285 Å². The molecule has 11 aliphatic rings. The molecule has 0 aromatic carbocycles. The minimum atomic E-state index is -2.67. The Morgan fingerprint density at radius 3 is 0.476 bits per heavy atom. The fourth-order valence-corrected chi connectivity index (χ4v) is 15.4. The van der Waals surface area contributed by atoms with Crippen LogP contribution in [0.2, 0.25) is 0 Å². The topological polar surface area (TPSA) is 964 Å². The number of hydrogen-bond donors (Lipinski definition) is 39. The lowest BCUT2D eigenvalue weighted by Crippen LogP contribution is -2.63. The van der Waals surface area contributed by atoms with E-state index >= 15 is 0 Å². The Balaban J connectivity index is 0.000000213. The van der Waals surface area contributed by atoms with E-state index in [1.165, 1.54) is 0 Å². The van der Waals surface area contributed by atoms with Gasteiger partial charge >= 0.3 is 0 Å². The molecular weight excluding hydrogens is 1720 g/mol. The van der Waals surface area contributed by atoms with Crippen LogP contribution in [0.1, 0.15) is 0 Å². The van der Waals surface area contributed by atoms with Gasteiger partial charge in [0.2, 0.25) is 46.3 Å². The van der Waals surface area contributed by atoms with Crippen molar-refractivity contribution in [3.05, 3.63) is 0 Å². The molecule has 0 bridgehead atoms. The van der Waals surface area contributed by atoms with Gasteiger partial charge in [-0.25, -0.2) is 0 Å². The number of aliphatic hydroxyl groups excluding tert-OH is 39. The van der Waals surface area contributed by atoms with Gasteiger partial charge in [-0.1, -0.05) is 0 Å². The molecule has 47 atom stereocenters. The van der Waals surface area contributed by atoms with Crippen molar-refractivity contribution in [1.82, 2.24) is 0 Å². The maximum absolute atomic E-state index is 11.0. The van der Waals surface area contributed by atoms with E-state index in [0.717, 1.165) is 0 Å². The molecule has 0 amide bonds. The normalized spacial score (nSPS) is 52.0. The molecule has 14 unspecified atom stereocenters. The first-order chi connectivity index (χ1) is 58.4. The van der Waals surface area contributed by atoms with Gasteiger partial charge in [0.1, 0.15) is 273 Å². The molecule has 0 saturated carbocycles. The Bertz CT molecular complexity index is 3080. The first-order valence-electron chi connectivity index (χ1n) is 38.6. The second-order valence-electron chi connectivity index (χ2n) is 31.1. The molecule has 0 spiro atoms. The van der Waals surface area contributed by atoms with Gasteiger partial charge in [-0.2, -0.15) is 0 Å². The molecule has 0 radical (unpaired) electrons. The molecule has 58 nitrogen and oxygen atoms in total. The minimum Gasteiger partial charge on any atom is -0.394 e. The van der Waals surface area contributed by atoms with Crippen LogP contribution in [0.5, 0.6) is 0 Å². The van der Waals surface area contributed by atoms with E-state index < -0.39 is 410 Å². The summed E-state index contributed by atoms with van der Waals surface area (Å²) in [4.78, 5) is 0. The summed E-state index contributed by atoms with van der Waals surface area (Å²) in [7, 11) is 0. The van der Waals surface area contributed by atoms with E-state index in [4.69, 9.17) is 90.0 Å². The number of ether oxygens (including phenoxy) is 19. The van der Waals surface area contributed by atoms with Crippen LogP contribution >= 0.6 is 0 Å². The van der Waals surface area contributed by atoms with E-state index in [1.54, 1.807) is 0 Å². The zero-order valence-electron chi connectivity index (χ0n) is 65.1. The van der Waals surface area contributed by atoms with Crippen LogP contribution in [0.3, 0.4) is 0 Å². The summed E-state index contributed by atoms with van der Waals surface area (Å²) in [5.74, 6) is -20.3. The van der Waals surface area contributed by atoms with E-state index in [-0.39, 0.29) is 0 Å². The van der Waals surface area contributed by atoms with Crippen molar-refractivity contribution >= 4 is 0 Å². The molecule has 0 aromatic heterocycles. The second-order valence-corrected chi connectivity index (χ2v) is 31.1. The lowest BCUT2D eigenvalue weighted by Gasteiger charge is -2.44. The largest absolute Gasteiger partial charge is 0.394 e. The van der Waals surface area contributed by atoms with Crippen LogP contribution in [-0.4, -0.2) is 610 Å². The van der Waals surface area contributed by atoms with Crippen molar-refractivity contribution in [3.63, 3.8) is 0 Å². The first-order valence-corrected chi connectivity index (χ1v) is 38.6. The molecule has 11 rings (SSSR count). The van der Waals surface area contributed by atoms with E-state index in [2.05, 4.69) is 0 Å². The molecule has 58 heteroatoms. The molecule has 11 saturated heterocycles. The summed E-state index contributed by atoms with van der Waals surface area (Å²) in [6, 6.07) is 0. The van der Waals surface area contributed by atoms with Gasteiger partial charge in [0.15, 0.2) is 18.9 Å². The average molecular weight is 1840 g/mol. The summed E-state index contributed by atoms with van der Waals surface area (Å²) in [6.07, 6.45) is -70.2. The fourth-order valence-electron chi connectivity index (χ4n) is 15.4. The van der Waals surface area contributed by atoms with Crippen LogP contribution in [0, 0.1) is 0 Å². The maximum atomic E-state index is 11.0. The highest BCUT2D eigenvalue weighted by Crippen LogP contribution is 2.47. The Morgan fingerprint density at radius 1 is 0.161 bits per heavy atom. The minimum absolute atomic E-state index is 0.750. The highest BCUT2D eigenvalue weighted by atomic mass is 16.9. The first kappa shape index (κ1) is 105. The highest BCUT2D eigenvalue weighted by molar-refractivity contribution is 5.08. The van der Waals surface area contributed by atoms with Crippen molar-refractivity contribution < 1.29 is 289 Å². The summed E-state index contributed by atoms with van der Waals surface area (Å²) < 4.78 is 104. The molecular formula is C66H116O58. The van der Waals surface area contributed by atoms with Gasteiger partial charge in [0, 0.05) is 0 Å². The zero-order chi connectivity index (χ0) is 92.4. The maximum Gasteiger partial charge on any atom is 0.224 e. The third-order valence-corrected chi connectivity index (χ3v) is 23.2. The lowest BCUT2D eigenvalue weighted by atomic mass is 9.99. The zero-order valence-corrected chi connectivity index (χ0v) is 65.1. The fraction of sp³-hybridized carbons (Fsp3) is 1.00. The predicted molar refractivity (Wildman–Crippen MR) is 369 cm³/mol. The van der Waals surface area contributed by atoms with Crippen molar-refractivity contribution in [1.29, 1.82) is 0 Å². The number of aliphatic hydroxyl groups is 39. The molecule has 11 aliphatic heterocycles. The van der Waals surface area contributed by atoms with Gasteiger partial charge in [-0.05, 0) is 0 Å². The molecule has 39 N–H and O–H groups in total. The summed E-state index contributed by atoms with van der Waals surface area (Å²) >= 11 is 0. The van der Waals surface area contributed by atoms with E-state index in [9.17, 15) is 199 Å². The molecule has 0 aromatic rings. The smallest absolute Gasteiger partial charge is 0.224 e. The Hall–Kier alpha value is -2.32. The number of rotatable bonds is 35. The third-order valence-electron chi connectivity index (χ3n) is 23.2. The molecule has 124 heavy (non-hydrogen) atoms. The molecule has 728 valence electrons. The standard InChI is InChI=1S/2C24H42O21.C18H32O16/c2*25-1-8-12(30)16(34)17(35)21(41-8)45-24(20(38)15(33)11(4-28)44-24)7-40-23(19(37)14(32)10(3-27)43-23)6-39-22(5-29)18(36)13(31)9(2-26)42-22;19-1-6-9(23)12(26)13(27)16(31-6)34-18(15(29)11(25)8(3-21)33-18)5-30-17(4-22)14(28)10(24)7(2-20)32-17/h2*8-21,25-38H,1-7H2;6-16,19-29H,1-5H2/t2*8?,9-,10-,11-,12-,13?,14?,15?,16+,17?,18-,19-,20-,21-,22-,23-,24+;6?,7-,8-,9-,10?,11?,12+,13?,14-,15-,16-,17-,18+/m111/s1. The Labute approximate surface area is 698 Å². The predicted octanol–water partition coefficient (Wildman–Crippen LogP) is -27.1. The van der Waals surface area contributed by atoms with Gasteiger partial charge in [-0.3, -0.25) is 0 Å². The van der Waals surface area contributed by atoms with Crippen LogP contribution in [0.4, 0.5) is 0 Å². The second kappa shape index (κ2) is 42.9. The van der Waals surface area contributed by atoms with E-state index in [0.29, 0.717) is 0 Å².